The SMILES string of the molecule is CC(=O)c1ccc(N2CCS(=O)(=O)CC2)cc1. The molecule has 0 aliphatic carbocycles. The van der Waals surface area contributed by atoms with E-state index in [1.807, 2.05) is 17.0 Å². The van der Waals surface area contributed by atoms with Gasteiger partial charge in [0.2, 0.25) is 0 Å². The molecule has 1 aliphatic heterocycles. The van der Waals surface area contributed by atoms with E-state index in [2.05, 4.69) is 0 Å². The zero-order chi connectivity index (χ0) is 12.5. The summed E-state index contributed by atoms with van der Waals surface area (Å²) in [6.07, 6.45) is 0. The monoisotopic (exact) mass is 253 g/mol. The topological polar surface area (TPSA) is 54.5 Å². The molecular weight excluding hydrogens is 238 g/mol. The van der Waals surface area contributed by atoms with Crippen molar-refractivity contribution in [3.8, 4) is 0 Å². The van der Waals surface area contributed by atoms with Gasteiger partial charge in [0.25, 0.3) is 0 Å². The Morgan fingerprint density at radius 2 is 1.65 bits per heavy atom. The summed E-state index contributed by atoms with van der Waals surface area (Å²) in [4.78, 5) is 13.2. The van der Waals surface area contributed by atoms with Crippen molar-refractivity contribution in [1.82, 2.24) is 0 Å². The van der Waals surface area contributed by atoms with Gasteiger partial charge in [0.05, 0.1) is 11.5 Å². The molecule has 1 aliphatic rings. The molecule has 0 radical (unpaired) electrons. The Balaban J connectivity index is 2.11. The molecule has 0 bridgehead atoms. The second kappa shape index (κ2) is 4.49. The lowest BCUT2D eigenvalue weighted by Gasteiger charge is -2.28. The molecule has 0 atom stereocenters. The number of hydrogen-bond donors (Lipinski definition) is 0. The van der Waals surface area contributed by atoms with Crippen molar-refractivity contribution >= 4 is 21.3 Å². The number of hydrogen-bond acceptors (Lipinski definition) is 4. The third-order valence-electron chi connectivity index (χ3n) is 2.98. The highest BCUT2D eigenvalue weighted by atomic mass is 32.2. The van der Waals surface area contributed by atoms with Gasteiger partial charge < -0.3 is 4.90 Å². The van der Waals surface area contributed by atoms with Crippen LogP contribution in [0.2, 0.25) is 0 Å². The maximum Gasteiger partial charge on any atom is 0.159 e. The number of rotatable bonds is 2. The first-order chi connectivity index (χ1) is 7.98. The first-order valence-electron chi connectivity index (χ1n) is 5.54. The van der Waals surface area contributed by atoms with E-state index in [1.165, 1.54) is 6.92 Å². The minimum absolute atomic E-state index is 0.0396. The van der Waals surface area contributed by atoms with Crippen molar-refractivity contribution in [2.75, 3.05) is 29.5 Å². The number of benzene rings is 1. The van der Waals surface area contributed by atoms with Crippen molar-refractivity contribution in [3.63, 3.8) is 0 Å². The Morgan fingerprint density at radius 3 is 2.12 bits per heavy atom. The summed E-state index contributed by atoms with van der Waals surface area (Å²) >= 11 is 0. The van der Waals surface area contributed by atoms with Gasteiger partial charge in [-0.25, -0.2) is 8.42 Å². The summed E-state index contributed by atoms with van der Waals surface area (Å²) in [5.41, 5.74) is 1.66. The van der Waals surface area contributed by atoms with Gasteiger partial charge in [-0.1, -0.05) is 0 Å². The molecule has 17 heavy (non-hydrogen) atoms. The van der Waals surface area contributed by atoms with Gasteiger partial charge in [0.1, 0.15) is 0 Å². The Hall–Kier alpha value is -1.36. The number of nitrogens with zero attached hydrogens (tertiary/aromatic N) is 1. The largest absolute Gasteiger partial charge is 0.369 e. The van der Waals surface area contributed by atoms with Crippen LogP contribution in [-0.4, -0.2) is 38.8 Å². The van der Waals surface area contributed by atoms with Gasteiger partial charge in [-0.15, -0.1) is 0 Å². The summed E-state index contributed by atoms with van der Waals surface area (Å²) < 4.78 is 22.6. The van der Waals surface area contributed by atoms with Crippen LogP contribution < -0.4 is 4.90 Å². The summed E-state index contributed by atoms with van der Waals surface area (Å²) in [5.74, 6) is 0.459. The summed E-state index contributed by atoms with van der Waals surface area (Å²) in [6.45, 7) is 2.59. The average molecular weight is 253 g/mol. The Labute approximate surface area is 101 Å². The van der Waals surface area contributed by atoms with E-state index in [0.717, 1.165) is 5.69 Å². The van der Waals surface area contributed by atoms with Gasteiger partial charge in [-0.2, -0.15) is 0 Å². The first-order valence-corrected chi connectivity index (χ1v) is 7.36. The van der Waals surface area contributed by atoms with E-state index in [4.69, 9.17) is 0 Å². The van der Waals surface area contributed by atoms with Crippen LogP contribution in [0.3, 0.4) is 0 Å². The lowest BCUT2D eigenvalue weighted by molar-refractivity contribution is 0.101. The number of Topliss-reactive ketones (excluding diaryl/α,β-unsaturated/α-hetero) is 1. The van der Waals surface area contributed by atoms with Gasteiger partial charge >= 0.3 is 0 Å². The van der Waals surface area contributed by atoms with Crippen molar-refractivity contribution in [2.24, 2.45) is 0 Å². The molecule has 1 fully saturated rings. The molecule has 1 aromatic carbocycles. The Bertz CT molecular complexity index is 505. The van der Waals surface area contributed by atoms with Crippen LogP contribution in [0.15, 0.2) is 24.3 Å². The highest BCUT2D eigenvalue weighted by Crippen LogP contribution is 2.18. The molecule has 4 nitrogen and oxygen atoms in total. The van der Waals surface area contributed by atoms with E-state index in [-0.39, 0.29) is 17.3 Å². The summed E-state index contributed by atoms with van der Waals surface area (Å²) in [6, 6.07) is 7.30. The van der Waals surface area contributed by atoms with Gasteiger partial charge in [-0.3, -0.25) is 4.79 Å². The first kappa shape index (κ1) is 12.1. The van der Waals surface area contributed by atoms with Crippen molar-refractivity contribution in [3.05, 3.63) is 29.8 Å². The van der Waals surface area contributed by atoms with Gasteiger partial charge in [0, 0.05) is 24.3 Å². The van der Waals surface area contributed by atoms with Crippen LogP contribution in [0, 0.1) is 0 Å². The highest BCUT2D eigenvalue weighted by molar-refractivity contribution is 7.91. The van der Waals surface area contributed by atoms with Crippen LogP contribution in [0.5, 0.6) is 0 Å². The third-order valence-corrected chi connectivity index (χ3v) is 4.59. The third kappa shape index (κ3) is 2.85. The predicted octanol–water partition coefficient (Wildman–Crippen LogP) is 1.12. The molecular formula is C12H15NO3S. The molecule has 1 aromatic rings. The molecule has 0 spiro atoms. The lowest BCUT2D eigenvalue weighted by Crippen LogP contribution is -2.40. The fourth-order valence-electron chi connectivity index (χ4n) is 1.88. The van der Waals surface area contributed by atoms with Crippen LogP contribution in [0.25, 0.3) is 0 Å². The Kier molecular flexibility index (Phi) is 3.19. The second-order valence-corrected chi connectivity index (χ2v) is 6.55. The fraction of sp³-hybridized carbons (Fsp3) is 0.417. The van der Waals surface area contributed by atoms with Gasteiger partial charge in [-0.05, 0) is 31.2 Å². The van der Waals surface area contributed by atoms with Crippen LogP contribution in [0.1, 0.15) is 17.3 Å². The van der Waals surface area contributed by atoms with Crippen molar-refractivity contribution in [1.29, 1.82) is 0 Å². The summed E-state index contributed by atoms with van der Waals surface area (Å²) in [7, 11) is -2.84. The van der Waals surface area contributed by atoms with Crippen molar-refractivity contribution in [2.45, 2.75) is 6.92 Å². The molecule has 0 aromatic heterocycles. The van der Waals surface area contributed by atoms with Crippen LogP contribution in [-0.2, 0) is 9.84 Å². The molecule has 0 saturated carbocycles. The van der Waals surface area contributed by atoms with Crippen LogP contribution in [0.4, 0.5) is 5.69 Å². The van der Waals surface area contributed by atoms with E-state index >= 15 is 0 Å². The highest BCUT2D eigenvalue weighted by Gasteiger charge is 2.21. The number of carbonyl (C=O) groups is 1. The van der Waals surface area contributed by atoms with E-state index in [1.54, 1.807) is 12.1 Å². The molecule has 92 valence electrons. The maximum absolute atomic E-state index is 11.3. The molecule has 5 heteroatoms. The zero-order valence-corrected chi connectivity index (χ0v) is 10.5. The summed E-state index contributed by atoms with van der Waals surface area (Å²) in [5, 5.41) is 0. The molecule has 1 heterocycles. The molecule has 1 saturated heterocycles. The fourth-order valence-corrected chi connectivity index (χ4v) is 3.08. The normalized spacial score (nSPS) is 19.0. The minimum atomic E-state index is -2.84. The van der Waals surface area contributed by atoms with Crippen molar-refractivity contribution < 1.29 is 13.2 Å². The zero-order valence-electron chi connectivity index (χ0n) is 9.72. The second-order valence-electron chi connectivity index (χ2n) is 4.24. The minimum Gasteiger partial charge on any atom is -0.369 e. The average Bonchev–Trinajstić information content (AvgIpc) is 2.29. The number of carbonyl (C=O) groups excluding carboxylic acids is 1. The number of sulfone groups is 1. The molecule has 2 rings (SSSR count). The number of ketones is 1. The lowest BCUT2D eigenvalue weighted by atomic mass is 10.1. The number of anilines is 1. The molecule has 0 amide bonds. The quantitative estimate of drug-likeness (QED) is 0.741. The van der Waals surface area contributed by atoms with E-state index < -0.39 is 9.84 Å². The van der Waals surface area contributed by atoms with E-state index in [9.17, 15) is 13.2 Å². The predicted molar refractivity (Wildman–Crippen MR) is 67.3 cm³/mol. The maximum atomic E-state index is 11.3. The Morgan fingerprint density at radius 1 is 1.12 bits per heavy atom. The standard InChI is InChI=1S/C12H15NO3S/c1-10(14)11-2-4-12(5-3-11)13-6-8-17(15,16)9-7-13/h2-5H,6-9H2,1H3. The van der Waals surface area contributed by atoms with Crippen LogP contribution >= 0.6 is 0 Å². The van der Waals surface area contributed by atoms with Gasteiger partial charge in [0.15, 0.2) is 15.6 Å². The molecule has 0 N–H and O–H groups in total. The smallest absolute Gasteiger partial charge is 0.159 e. The molecule has 0 unspecified atom stereocenters. The van der Waals surface area contributed by atoms with E-state index in [0.29, 0.717) is 18.7 Å².